The van der Waals surface area contributed by atoms with Crippen molar-refractivity contribution in [3.63, 3.8) is 0 Å². The first-order valence-electron chi connectivity index (χ1n) is 6.75. The summed E-state index contributed by atoms with van der Waals surface area (Å²) in [5.74, 6) is 0. The molecule has 1 aliphatic rings. The number of nitrogens with one attached hydrogen (secondary N) is 2. The van der Waals surface area contributed by atoms with Gasteiger partial charge in [0.15, 0.2) is 5.11 Å². The summed E-state index contributed by atoms with van der Waals surface area (Å²) in [6.45, 7) is 1.59. The van der Waals surface area contributed by atoms with Crippen molar-refractivity contribution in [1.29, 1.82) is 0 Å². The topological polar surface area (TPSA) is 45.6 Å². The Morgan fingerprint density at radius 3 is 3.00 bits per heavy atom. The van der Waals surface area contributed by atoms with Crippen molar-refractivity contribution in [3.05, 3.63) is 42.0 Å². The molecule has 1 atom stereocenters. The lowest BCUT2D eigenvalue weighted by atomic mass is 10.2. The fourth-order valence-corrected chi connectivity index (χ4v) is 2.04. The molecule has 106 valence electrons. The van der Waals surface area contributed by atoms with Crippen LogP contribution in [0, 0.1) is 0 Å². The molecule has 1 heterocycles. The first-order valence-corrected chi connectivity index (χ1v) is 7.15. The van der Waals surface area contributed by atoms with Crippen molar-refractivity contribution in [3.8, 4) is 0 Å². The molecule has 1 aromatic rings. The predicted molar refractivity (Wildman–Crippen MR) is 86.7 cm³/mol. The second kappa shape index (κ2) is 8.45. The van der Waals surface area contributed by atoms with Crippen LogP contribution in [0.4, 0.5) is 0 Å². The molecule has 5 heteroatoms. The highest BCUT2D eigenvalue weighted by molar-refractivity contribution is 7.80. The van der Waals surface area contributed by atoms with Crippen molar-refractivity contribution in [1.82, 2.24) is 10.7 Å². The molecule has 0 saturated carbocycles. The number of hydrogen-bond donors (Lipinski definition) is 2. The number of benzene rings is 1. The van der Waals surface area contributed by atoms with Crippen LogP contribution < -0.4 is 10.7 Å². The first-order chi connectivity index (χ1) is 9.84. The molecular formula is C15H19N3OS. The van der Waals surface area contributed by atoms with E-state index in [0.29, 0.717) is 5.11 Å². The molecule has 1 fully saturated rings. The zero-order valence-corrected chi connectivity index (χ0v) is 12.1. The standard InChI is InChI=1S/C15H19N3OS/c20-15(16-12-14-9-5-11-19-14)18-17-10-4-8-13-6-2-1-3-7-13/h1-4,6-8,10,14H,5,9,11-12H2,(H2,16,18,20)/b8-4+,17-10-/t14-/m0/s1. The van der Waals surface area contributed by atoms with E-state index in [1.54, 1.807) is 6.21 Å². The number of rotatable bonds is 5. The Morgan fingerprint density at radius 1 is 1.40 bits per heavy atom. The summed E-state index contributed by atoms with van der Waals surface area (Å²) in [5.41, 5.74) is 3.91. The molecule has 0 aliphatic carbocycles. The van der Waals surface area contributed by atoms with Crippen LogP contribution in [0.25, 0.3) is 6.08 Å². The second-order valence-corrected chi connectivity index (χ2v) is 4.91. The Kier molecular flexibility index (Phi) is 6.20. The van der Waals surface area contributed by atoms with Gasteiger partial charge >= 0.3 is 0 Å². The van der Waals surface area contributed by atoms with Crippen LogP contribution in [-0.4, -0.2) is 30.6 Å². The van der Waals surface area contributed by atoms with Crippen molar-refractivity contribution in [2.75, 3.05) is 13.2 Å². The largest absolute Gasteiger partial charge is 0.376 e. The number of ether oxygens (including phenoxy) is 1. The molecule has 1 aliphatic heterocycles. The van der Waals surface area contributed by atoms with Gasteiger partial charge in [-0.25, -0.2) is 0 Å². The van der Waals surface area contributed by atoms with E-state index in [-0.39, 0.29) is 6.10 Å². The molecule has 4 nitrogen and oxygen atoms in total. The molecule has 0 radical (unpaired) electrons. The SMILES string of the molecule is S=C(NC[C@@H]1CCCO1)N/N=C\C=C\c1ccccc1. The molecule has 0 bridgehead atoms. The second-order valence-electron chi connectivity index (χ2n) is 4.50. The minimum atomic E-state index is 0.275. The van der Waals surface area contributed by atoms with Crippen LogP contribution in [0.3, 0.4) is 0 Å². The van der Waals surface area contributed by atoms with Crippen LogP contribution in [-0.2, 0) is 4.74 Å². The summed E-state index contributed by atoms with van der Waals surface area (Å²) in [6, 6.07) is 10.1. The van der Waals surface area contributed by atoms with E-state index in [0.717, 1.165) is 31.6 Å². The normalized spacial score (nSPS) is 18.7. The van der Waals surface area contributed by atoms with Crippen molar-refractivity contribution >= 4 is 29.6 Å². The highest BCUT2D eigenvalue weighted by Gasteiger charge is 2.14. The molecule has 0 amide bonds. The van der Waals surface area contributed by atoms with Gasteiger partial charge in [-0.1, -0.05) is 36.4 Å². The van der Waals surface area contributed by atoms with Crippen molar-refractivity contribution in [2.45, 2.75) is 18.9 Å². The summed E-state index contributed by atoms with van der Waals surface area (Å²) < 4.78 is 5.50. The minimum Gasteiger partial charge on any atom is -0.376 e. The van der Waals surface area contributed by atoms with Gasteiger partial charge in [0, 0.05) is 19.4 Å². The average Bonchev–Trinajstić information content (AvgIpc) is 2.99. The van der Waals surface area contributed by atoms with Crippen LogP contribution in [0.2, 0.25) is 0 Å². The Balaban J connectivity index is 1.62. The zero-order chi connectivity index (χ0) is 14.0. The maximum atomic E-state index is 5.50. The van der Waals surface area contributed by atoms with Gasteiger partial charge in [0.1, 0.15) is 0 Å². The molecule has 0 aromatic heterocycles. The highest BCUT2D eigenvalue weighted by atomic mass is 32.1. The summed E-state index contributed by atoms with van der Waals surface area (Å²) in [4.78, 5) is 0. The van der Waals surface area contributed by atoms with Gasteiger partial charge in [-0.15, -0.1) is 0 Å². The molecule has 2 N–H and O–H groups in total. The van der Waals surface area contributed by atoms with E-state index in [1.165, 1.54) is 0 Å². The summed E-state index contributed by atoms with van der Waals surface area (Å²) in [7, 11) is 0. The minimum absolute atomic E-state index is 0.275. The fraction of sp³-hybridized carbons (Fsp3) is 0.333. The number of nitrogens with zero attached hydrogens (tertiary/aromatic N) is 1. The fourth-order valence-electron chi connectivity index (χ4n) is 1.91. The van der Waals surface area contributed by atoms with Crippen LogP contribution in [0.1, 0.15) is 18.4 Å². The third-order valence-corrected chi connectivity index (χ3v) is 3.16. The van der Waals surface area contributed by atoms with Crippen LogP contribution in [0.15, 0.2) is 41.5 Å². The third-order valence-electron chi connectivity index (χ3n) is 2.93. The zero-order valence-electron chi connectivity index (χ0n) is 11.3. The highest BCUT2D eigenvalue weighted by Crippen LogP contribution is 2.10. The smallest absolute Gasteiger partial charge is 0.187 e. The lowest BCUT2D eigenvalue weighted by Crippen LogP contribution is -2.37. The molecule has 1 saturated heterocycles. The molecule has 20 heavy (non-hydrogen) atoms. The van der Waals surface area contributed by atoms with Gasteiger partial charge in [0.05, 0.1) is 6.10 Å². The van der Waals surface area contributed by atoms with Crippen LogP contribution >= 0.6 is 12.2 Å². The number of allylic oxidation sites excluding steroid dienone is 1. The Labute approximate surface area is 124 Å². The quantitative estimate of drug-likeness (QED) is 0.496. The van der Waals surface area contributed by atoms with Gasteiger partial charge < -0.3 is 10.1 Å². The molecule has 0 spiro atoms. The molecular weight excluding hydrogens is 270 g/mol. The number of hydrazone groups is 1. The van der Waals surface area contributed by atoms with Crippen molar-refractivity contribution < 1.29 is 4.74 Å². The van der Waals surface area contributed by atoms with E-state index < -0.39 is 0 Å². The molecule has 0 unspecified atom stereocenters. The van der Waals surface area contributed by atoms with E-state index in [2.05, 4.69) is 15.8 Å². The maximum Gasteiger partial charge on any atom is 0.187 e. The Morgan fingerprint density at radius 2 is 2.25 bits per heavy atom. The average molecular weight is 289 g/mol. The first kappa shape index (κ1) is 14.7. The Bertz CT molecular complexity index is 467. The van der Waals surface area contributed by atoms with E-state index >= 15 is 0 Å². The summed E-state index contributed by atoms with van der Waals surface area (Å²) in [5, 5.41) is 7.63. The van der Waals surface area contributed by atoms with E-state index in [9.17, 15) is 0 Å². The lowest BCUT2D eigenvalue weighted by molar-refractivity contribution is 0.114. The third kappa shape index (κ3) is 5.50. The Hall–Kier alpha value is -1.72. The molecule has 1 aromatic carbocycles. The summed E-state index contributed by atoms with van der Waals surface area (Å²) in [6.07, 6.45) is 8.02. The van der Waals surface area contributed by atoms with E-state index in [1.807, 2.05) is 42.5 Å². The van der Waals surface area contributed by atoms with Gasteiger partial charge in [-0.05, 0) is 36.7 Å². The predicted octanol–water partition coefficient (Wildman–Crippen LogP) is 2.33. The summed E-state index contributed by atoms with van der Waals surface area (Å²) >= 11 is 5.12. The van der Waals surface area contributed by atoms with Gasteiger partial charge in [-0.2, -0.15) is 5.10 Å². The van der Waals surface area contributed by atoms with E-state index in [4.69, 9.17) is 17.0 Å². The van der Waals surface area contributed by atoms with Gasteiger partial charge in [0.2, 0.25) is 0 Å². The lowest BCUT2D eigenvalue weighted by Gasteiger charge is -2.11. The number of hydrogen-bond acceptors (Lipinski definition) is 3. The number of thiocarbonyl (C=S) groups is 1. The maximum absolute atomic E-state index is 5.50. The van der Waals surface area contributed by atoms with Gasteiger partial charge in [-0.3, -0.25) is 5.43 Å². The van der Waals surface area contributed by atoms with Crippen molar-refractivity contribution in [2.24, 2.45) is 5.10 Å². The van der Waals surface area contributed by atoms with Crippen LogP contribution in [0.5, 0.6) is 0 Å². The monoisotopic (exact) mass is 289 g/mol. The van der Waals surface area contributed by atoms with Gasteiger partial charge in [0.25, 0.3) is 0 Å². The molecule has 2 rings (SSSR count).